The van der Waals surface area contributed by atoms with Gasteiger partial charge in [0, 0.05) is 16.7 Å². The van der Waals surface area contributed by atoms with Crippen molar-refractivity contribution in [2.24, 2.45) is 0 Å². The summed E-state index contributed by atoms with van der Waals surface area (Å²) in [5.41, 5.74) is 0.281. The fraction of sp³-hybridized carbons (Fsp3) is 0.136. The first kappa shape index (κ1) is 21.4. The van der Waals surface area contributed by atoms with Crippen LogP contribution < -0.4 is 14.8 Å². The number of ether oxygens (including phenoxy) is 2. The van der Waals surface area contributed by atoms with Crippen molar-refractivity contribution in [1.29, 1.82) is 0 Å². The average Bonchev–Trinajstić information content (AvgIpc) is 3.45. The molecule has 1 amide bonds. The highest BCUT2D eigenvalue weighted by molar-refractivity contribution is 6.31. The van der Waals surface area contributed by atoms with E-state index in [1.807, 2.05) is 6.07 Å². The quantitative estimate of drug-likeness (QED) is 0.418. The highest BCUT2D eigenvalue weighted by Gasteiger charge is 2.15. The van der Waals surface area contributed by atoms with Gasteiger partial charge in [-0.25, -0.2) is 14.1 Å². The normalized spacial score (nSPS) is 10.7. The first-order valence-corrected chi connectivity index (χ1v) is 9.89. The van der Waals surface area contributed by atoms with Crippen LogP contribution in [0.25, 0.3) is 0 Å². The molecule has 0 aliphatic rings. The van der Waals surface area contributed by atoms with E-state index in [1.165, 1.54) is 29.2 Å². The molecule has 0 aliphatic carbocycles. The Morgan fingerprint density at radius 1 is 1.19 bits per heavy atom. The predicted molar refractivity (Wildman–Crippen MR) is 115 cm³/mol. The Balaban J connectivity index is 1.35. The van der Waals surface area contributed by atoms with Gasteiger partial charge >= 0.3 is 0 Å². The maximum Gasteiger partial charge on any atom is 0.293 e. The number of hydrogen-bond donors (Lipinski definition) is 1. The Morgan fingerprint density at radius 2 is 2.00 bits per heavy atom. The Labute approximate surface area is 187 Å². The lowest BCUT2D eigenvalue weighted by molar-refractivity contribution is 0.0991. The highest BCUT2D eigenvalue weighted by Crippen LogP contribution is 2.21. The van der Waals surface area contributed by atoms with Crippen LogP contribution in [-0.4, -0.2) is 27.8 Å². The molecule has 2 aromatic heterocycles. The molecule has 0 saturated heterocycles. The third-order valence-corrected chi connectivity index (χ3v) is 4.81. The van der Waals surface area contributed by atoms with E-state index in [-0.39, 0.29) is 35.4 Å². The Hall–Kier alpha value is -3.85. The fourth-order valence-electron chi connectivity index (χ4n) is 2.86. The lowest BCUT2D eigenvalue weighted by Crippen LogP contribution is -2.13. The molecule has 164 valence electrons. The minimum Gasteiger partial charge on any atom is -0.497 e. The van der Waals surface area contributed by atoms with Gasteiger partial charge in [-0.15, -0.1) is 5.10 Å². The number of carbonyl (C=O) groups excluding carboxylic acids is 1. The van der Waals surface area contributed by atoms with Crippen molar-refractivity contribution in [2.75, 3.05) is 12.4 Å². The summed E-state index contributed by atoms with van der Waals surface area (Å²) < 4.78 is 31.6. The summed E-state index contributed by atoms with van der Waals surface area (Å²) in [6, 6.07) is 14.7. The van der Waals surface area contributed by atoms with Crippen LogP contribution in [0.15, 0.2) is 65.3 Å². The zero-order valence-corrected chi connectivity index (χ0v) is 17.7. The number of furan rings is 1. The molecular formula is C22H18ClFN4O4. The van der Waals surface area contributed by atoms with Crippen molar-refractivity contribution in [3.63, 3.8) is 0 Å². The van der Waals surface area contributed by atoms with Crippen molar-refractivity contribution in [3.05, 3.63) is 88.8 Å². The van der Waals surface area contributed by atoms with Crippen LogP contribution in [0.3, 0.4) is 0 Å². The summed E-state index contributed by atoms with van der Waals surface area (Å²) in [5, 5.41) is 6.94. The monoisotopic (exact) mass is 456 g/mol. The molecule has 2 heterocycles. The first-order chi connectivity index (χ1) is 15.5. The molecule has 0 bridgehead atoms. The van der Waals surface area contributed by atoms with Crippen molar-refractivity contribution in [1.82, 2.24) is 14.8 Å². The second-order valence-electron chi connectivity index (χ2n) is 6.65. The second kappa shape index (κ2) is 9.52. The number of halogens is 2. The summed E-state index contributed by atoms with van der Waals surface area (Å²) in [4.78, 5) is 16.4. The zero-order chi connectivity index (χ0) is 22.5. The van der Waals surface area contributed by atoms with Crippen molar-refractivity contribution in [3.8, 4) is 11.5 Å². The summed E-state index contributed by atoms with van der Waals surface area (Å²) in [7, 11) is 1.57. The Bertz CT molecular complexity index is 1220. The van der Waals surface area contributed by atoms with E-state index in [9.17, 15) is 9.18 Å². The minimum atomic E-state index is -0.528. The van der Waals surface area contributed by atoms with Crippen LogP contribution in [0.1, 0.15) is 21.9 Å². The number of rotatable bonds is 8. The topological polar surface area (TPSA) is 91.4 Å². The number of methoxy groups -OCH3 is 1. The molecule has 8 nitrogen and oxygen atoms in total. The van der Waals surface area contributed by atoms with E-state index in [0.717, 1.165) is 0 Å². The van der Waals surface area contributed by atoms with Crippen molar-refractivity contribution < 1.29 is 23.1 Å². The molecule has 0 unspecified atom stereocenters. The third-order valence-electron chi connectivity index (χ3n) is 4.45. The summed E-state index contributed by atoms with van der Waals surface area (Å²) in [6.45, 7) is 0.206. The summed E-state index contributed by atoms with van der Waals surface area (Å²) in [6.07, 6.45) is 1.37. The van der Waals surface area contributed by atoms with Gasteiger partial charge < -0.3 is 13.9 Å². The van der Waals surface area contributed by atoms with Gasteiger partial charge in [0.05, 0.1) is 13.7 Å². The number of amides is 1. The Kier molecular flexibility index (Phi) is 6.37. The number of hydrogen-bond acceptors (Lipinski definition) is 6. The van der Waals surface area contributed by atoms with Gasteiger partial charge in [0.25, 0.3) is 5.91 Å². The largest absolute Gasteiger partial charge is 0.497 e. The molecule has 1 N–H and O–H groups in total. The maximum absolute atomic E-state index is 13.9. The van der Waals surface area contributed by atoms with E-state index < -0.39 is 11.7 Å². The zero-order valence-electron chi connectivity index (χ0n) is 16.9. The molecular weight excluding hydrogens is 439 g/mol. The highest BCUT2D eigenvalue weighted by atomic mass is 35.5. The van der Waals surface area contributed by atoms with E-state index >= 15 is 0 Å². The van der Waals surface area contributed by atoms with Gasteiger partial charge in [0.15, 0.2) is 5.76 Å². The third kappa shape index (κ3) is 5.06. The molecule has 10 heteroatoms. The van der Waals surface area contributed by atoms with Crippen LogP contribution in [0.2, 0.25) is 5.02 Å². The number of benzene rings is 2. The molecule has 0 fully saturated rings. The van der Waals surface area contributed by atoms with Crippen molar-refractivity contribution in [2.45, 2.75) is 13.2 Å². The van der Waals surface area contributed by atoms with Crippen LogP contribution in [0, 0.1) is 5.82 Å². The van der Waals surface area contributed by atoms with Crippen LogP contribution in [0.4, 0.5) is 10.3 Å². The van der Waals surface area contributed by atoms with Gasteiger partial charge in [-0.05, 0) is 36.4 Å². The molecule has 4 aromatic rings. The van der Waals surface area contributed by atoms with Crippen molar-refractivity contribution >= 4 is 23.5 Å². The van der Waals surface area contributed by atoms with Gasteiger partial charge in [-0.1, -0.05) is 23.7 Å². The molecule has 0 saturated carbocycles. The van der Waals surface area contributed by atoms with E-state index in [2.05, 4.69) is 15.4 Å². The van der Waals surface area contributed by atoms with E-state index in [1.54, 1.807) is 37.4 Å². The molecule has 32 heavy (non-hydrogen) atoms. The van der Waals surface area contributed by atoms with E-state index in [0.29, 0.717) is 17.3 Å². The molecule has 2 aromatic carbocycles. The predicted octanol–water partition coefficient (Wildman–Crippen LogP) is 4.55. The van der Waals surface area contributed by atoms with Crippen LogP contribution in [0.5, 0.6) is 11.5 Å². The van der Waals surface area contributed by atoms with Gasteiger partial charge in [-0.2, -0.15) is 0 Å². The van der Waals surface area contributed by atoms with Gasteiger partial charge in [-0.3, -0.25) is 10.1 Å². The number of nitrogens with zero attached hydrogens (tertiary/aromatic N) is 3. The van der Waals surface area contributed by atoms with Gasteiger partial charge in [0.1, 0.15) is 36.0 Å². The molecule has 0 radical (unpaired) electrons. The van der Waals surface area contributed by atoms with Crippen LogP contribution in [-0.2, 0) is 13.2 Å². The SMILES string of the molecule is COc1cccc(OCc2ccc(C(=O)Nc3ncn(Cc4c(F)cccc4Cl)n3)o2)c1. The molecule has 0 aliphatic heterocycles. The summed E-state index contributed by atoms with van der Waals surface area (Å²) >= 11 is 6.03. The number of nitrogens with one attached hydrogen (secondary N) is 1. The second-order valence-corrected chi connectivity index (χ2v) is 7.06. The van der Waals surface area contributed by atoms with E-state index in [4.69, 9.17) is 25.5 Å². The maximum atomic E-state index is 13.9. The minimum absolute atomic E-state index is 0.0491. The standard InChI is InChI=1S/C22H18ClFN4O4/c1-30-14-4-2-5-15(10-14)31-12-16-8-9-20(32-16)21(29)26-22-25-13-28(27-22)11-17-18(23)6-3-7-19(17)24/h2-10,13H,11-12H2,1H3,(H,26,27,29). The summed E-state index contributed by atoms with van der Waals surface area (Å²) in [5.74, 6) is 0.890. The lowest BCUT2D eigenvalue weighted by atomic mass is 10.2. The number of aromatic nitrogens is 3. The number of carbonyl (C=O) groups is 1. The molecule has 0 spiro atoms. The lowest BCUT2D eigenvalue weighted by Gasteiger charge is -2.06. The molecule has 0 atom stereocenters. The Morgan fingerprint density at radius 3 is 2.81 bits per heavy atom. The first-order valence-electron chi connectivity index (χ1n) is 9.51. The fourth-order valence-corrected chi connectivity index (χ4v) is 3.08. The van der Waals surface area contributed by atoms with Gasteiger partial charge in [0.2, 0.25) is 5.95 Å². The molecule has 4 rings (SSSR count). The smallest absolute Gasteiger partial charge is 0.293 e. The number of anilines is 1. The average molecular weight is 457 g/mol. The van der Waals surface area contributed by atoms with Crippen LogP contribution >= 0.6 is 11.6 Å².